The van der Waals surface area contributed by atoms with Crippen molar-refractivity contribution in [2.45, 2.75) is 38.2 Å². The molecule has 1 aromatic rings. The van der Waals surface area contributed by atoms with Gasteiger partial charge in [0, 0.05) is 24.2 Å². The van der Waals surface area contributed by atoms with E-state index in [4.69, 9.17) is 19.9 Å². The summed E-state index contributed by atoms with van der Waals surface area (Å²) in [7, 11) is 0. The lowest BCUT2D eigenvalue weighted by Gasteiger charge is -2.21. The molecule has 1 saturated heterocycles. The predicted octanol–water partition coefficient (Wildman–Crippen LogP) is 0.815. The molecule has 1 aromatic carbocycles. The number of hydrogen-bond acceptors (Lipinski definition) is 5. The minimum absolute atomic E-state index is 0.0573. The van der Waals surface area contributed by atoms with E-state index < -0.39 is 6.10 Å². The van der Waals surface area contributed by atoms with E-state index in [1.807, 2.05) is 0 Å². The average Bonchev–Trinajstić information content (AvgIpc) is 3.01. The SMILES string of the molecule is NC[C@H]1CC[C@@H](C(=O)NCc2cc(F)cc3c2OCOC3)O1. The van der Waals surface area contributed by atoms with Gasteiger partial charge in [-0.1, -0.05) is 0 Å². The van der Waals surface area contributed by atoms with Crippen molar-refractivity contribution in [3.63, 3.8) is 0 Å². The molecule has 0 saturated carbocycles. The van der Waals surface area contributed by atoms with Gasteiger partial charge in [0.05, 0.1) is 12.7 Å². The number of nitrogens with two attached hydrogens (primary N) is 1. The third-order valence-corrected chi connectivity index (χ3v) is 3.87. The fraction of sp³-hybridized carbons (Fsp3) is 0.533. The molecule has 22 heavy (non-hydrogen) atoms. The van der Waals surface area contributed by atoms with Crippen LogP contribution in [0.3, 0.4) is 0 Å². The van der Waals surface area contributed by atoms with Crippen molar-refractivity contribution in [2.24, 2.45) is 5.73 Å². The largest absolute Gasteiger partial charge is 0.467 e. The van der Waals surface area contributed by atoms with Crippen molar-refractivity contribution in [1.82, 2.24) is 5.32 Å². The van der Waals surface area contributed by atoms with E-state index in [-0.39, 0.29) is 31.2 Å². The number of halogens is 1. The molecular weight excluding hydrogens is 291 g/mol. The number of carbonyl (C=O) groups excluding carboxylic acids is 1. The molecule has 7 heteroatoms. The summed E-state index contributed by atoms with van der Waals surface area (Å²) in [5.41, 5.74) is 6.77. The number of fused-ring (bicyclic) bond motifs is 1. The molecule has 2 heterocycles. The molecule has 0 radical (unpaired) electrons. The Labute approximate surface area is 127 Å². The summed E-state index contributed by atoms with van der Waals surface area (Å²) in [4.78, 5) is 12.1. The monoisotopic (exact) mass is 310 g/mol. The number of hydrogen-bond donors (Lipinski definition) is 2. The summed E-state index contributed by atoms with van der Waals surface area (Å²) in [5.74, 6) is -0.00134. The van der Waals surface area contributed by atoms with Gasteiger partial charge in [-0.15, -0.1) is 0 Å². The first kappa shape index (κ1) is 15.2. The molecular formula is C15H19FN2O4. The zero-order chi connectivity index (χ0) is 15.5. The van der Waals surface area contributed by atoms with Crippen LogP contribution < -0.4 is 15.8 Å². The molecule has 6 nitrogen and oxygen atoms in total. The van der Waals surface area contributed by atoms with Crippen LogP contribution in [0.1, 0.15) is 24.0 Å². The number of nitrogens with one attached hydrogen (secondary N) is 1. The van der Waals surface area contributed by atoms with E-state index in [0.29, 0.717) is 36.4 Å². The Kier molecular flexibility index (Phi) is 4.56. The maximum Gasteiger partial charge on any atom is 0.249 e. The molecule has 2 aliphatic rings. The zero-order valence-electron chi connectivity index (χ0n) is 12.1. The Balaban J connectivity index is 1.64. The second-order valence-electron chi connectivity index (χ2n) is 5.44. The van der Waals surface area contributed by atoms with Gasteiger partial charge in [0.2, 0.25) is 5.91 Å². The number of ether oxygens (including phenoxy) is 3. The number of carbonyl (C=O) groups is 1. The number of amides is 1. The highest BCUT2D eigenvalue weighted by molar-refractivity contribution is 5.81. The highest BCUT2D eigenvalue weighted by Gasteiger charge is 2.30. The maximum absolute atomic E-state index is 13.6. The molecule has 0 aliphatic carbocycles. The lowest BCUT2D eigenvalue weighted by molar-refractivity contribution is -0.132. The smallest absolute Gasteiger partial charge is 0.249 e. The van der Waals surface area contributed by atoms with Crippen LogP contribution in [-0.4, -0.2) is 31.5 Å². The highest BCUT2D eigenvalue weighted by atomic mass is 19.1. The predicted molar refractivity (Wildman–Crippen MR) is 75.5 cm³/mol. The van der Waals surface area contributed by atoms with Crippen molar-refractivity contribution >= 4 is 5.91 Å². The van der Waals surface area contributed by atoms with Crippen LogP contribution in [0.25, 0.3) is 0 Å². The lowest BCUT2D eigenvalue weighted by atomic mass is 10.1. The van der Waals surface area contributed by atoms with Gasteiger partial charge in [0.1, 0.15) is 17.7 Å². The average molecular weight is 310 g/mol. The van der Waals surface area contributed by atoms with Crippen molar-refractivity contribution in [3.05, 3.63) is 29.1 Å². The summed E-state index contributed by atoms with van der Waals surface area (Å²) in [6, 6.07) is 2.74. The molecule has 0 bridgehead atoms. The zero-order valence-corrected chi connectivity index (χ0v) is 12.1. The second-order valence-corrected chi connectivity index (χ2v) is 5.44. The molecule has 120 valence electrons. The number of rotatable bonds is 4. The molecule has 0 spiro atoms. The Morgan fingerprint density at radius 2 is 2.27 bits per heavy atom. The molecule has 2 aliphatic heterocycles. The van der Waals surface area contributed by atoms with Gasteiger partial charge in [0.25, 0.3) is 0 Å². The van der Waals surface area contributed by atoms with Gasteiger partial charge in [-0.3, -0.25) is 4.79 Å². The molecule has 2 atom stereocenters. The van der Waals surface area contributed by atoms with Gasteiger partial charge in [-0.25, -0.2) is 4.39 Å². The van der Waals surface area contributed by atoms with E-state index in [2.05, 4.69) is 5.32 Å². The lowest BCUT2D eigenvalue weighted by Crippen LogP contribution is -2.35. The standard InChI is InChI=1S/C15H19FN2O4/c16-11-3-9(14-10(4-11)7-20-8-21-14)6-18-15(19)13-2-1-12(5-17)22-13/h3-4,12-13H,1-2,5-8,17H2,(H,18,19)/t12-,13+/m1/s1. The van der Waals surface area contributed by atoms with Gasteiger partial charge in [-0.05, 0) is 25.0 Å². The molecule has 3 N–H and O–H groups in total. The van der Waals surface area contributed by atoms with E-state index in [1.165, 1.54) is 12.1 Å². The van der Waals surface area contributed by atoms with Crippen LogP contribution in [0.5, 0.6) is 5.75 Å². The van der Waals surface area contributed by atoms with Crippen LogP contribution in [0.15, 0.2) is 12.1 Å². The molecule has 0 unspecified atom stereocenters. The van der Waals surface area contributed by atoms with Crippen molar-refractivity contribution < 1.29 is 23.4 Å². The van der Waals surface area contributed by atoms with E-state index in [9.17, 15) is 9.18 Å². The van der Waals surface area contributed by atoms with E-state index >= 15 is 0 Å². The van der Waals surface area contributed by atoms with Gasteiger partial charge < -0.3 is 25.3 Å². The second kappa shape index (κ2) is 6.60. The van der Waals surface area contributed by atoms with Crippen LogP contribution >= 0.6 is 0 Å². The van der Waals surface area contributed by atoms with Crippen LogP contribution in [0, 0.1) is 5.82 Å². The Morgan fingerprint density at radius 1 is 1.41 bits per heavy atom. The van der Waals surface area contributed by atoms with Crippen molar-refractivity contribution in [3.8, 4) is 5.75 Å². The first-order valence-electron chi connectivity index (χ1n) is 7.32. The van der Waals surface area contributed by atoms with Crippen molar-refractivity contribution in [1.29, 1.82) is 0 Å². The van der Waals surface area contributed by atoms with Crippen molar-refractivity contribution in [2.75, 3.05) is 13.3 Å². The normalized spacial score (nSPS) is 23.7. The molecule has 1 amide bonds. The molecule has 0 aromatic heterocycles. The number of benzene rings is 1. The molecule has 1 fully saturated rings. The van der Waals surface area contributed by atoms with Gasteiger partial charge >= 0.3 is 0 Å². The van der Waals surface area contributed by atoms with Crippen LogP contribution in [0.4, 0.5) is 4.39 Å². The molecule has 3 rings (SSSR count). The fourth-order valence-corrected chi connectivity index (χ4v) is 2.76. The quantitative estimate of drug-likeness (QED) is 0.860. The third-order valence-electron chi connectivity index (χ3n) is 3.87. The fourth-order valence-electron chi connectivity index (χ4n) is 2.76. The minimum Gasteiger partial charge on any atom is -0.467 e. The summed E-state index contributed by atoms with van der Waals surface area (Å²) >= 11 is 0. The van der Waals surface area contributed by atoms with E-state index in [1.54, 1.807) is 0 Å². The topological polar surface area (TPSA) is 82.8 Å². The Hall–Kier alpha value is -1.70. The summed E-state index contributed by atoms with van der Waals surface area (Å²) < 4.78 is 29.7. The summed E-state index contributed by atoms with van der Waals surface area (Å²) in [6.45, 7) is 1.03. The van der Waals surface area contributed by atoms with Crippen LogP contribution in [0.2, 0.25) is 0 Å². The van der Waals surface area contributed by atoms with E-state index in [0.717, 1.165) is 6.42 Å². The van der Waals surface area contributed by atoms with Crippen LogP contribution in [-0.2, 0) is 27.4 Å². The summed E-state index contributed by atoms with van der Waals surface area (Å²) in [6.07, 6.45) is 0.893. The first-order chi connectivity index (χ1) is 10.7. The third kappa shape index (κ3) is 3.21. The van der Waals surface area contributed by atoms with Gasteiger partial charge in [-0.2, -0.15) is 0 Å². The summed E-state index contributed by atoms with van der Waals surface area (Å²) in [5, 5.41) is 2.77. The Morgan fingerprint density at radius 3 is 3.05 bits per heavy atom. The highest BCUT2D eigenvalue weighted by Crippen LogP contribution is 2.29. The maximum atomic E-state index is 13.6. The Bertz CT molecular complexity index is 567. The minimum atomic E-state index is -0.484. The first-order valence-corrected chi connectivity index (χ1v) is 7.32. The van der Waals surface area contributed by atoms with Gasteiger partial charge in [0.15, 0.2) is 6.79 Å².